The number of hydrogen-bond donors (Lipinski definition) is 2. The number of fused-ring (bicyclic) bond motifs is 1. The molecule has 3 rings (SSSR count). The van der Waals surface area contributed by atoms with Crippen LogP contribution in [0.1, 0.15) is 50.4 Å². The van der Waals surface area contributed by atoms with Crippen molar-refractivity contribution in [3.8, 4) is 0 Å². The summed E-state index contributed by atoms with van der Waals surface area (Å²) in [5, 5.41) is 8.39. The summed E-state index contributed by atoms with van der Waals surface area (Å²) in [6, 6.07) is 0. The Labute approximate surface area is 165 Å². The van der Waals surface area contributed by atoms with Crippen LogP contribution in [0.5, 0.6) is 0 Å². The second-order valence-electron chi connectivity index (χ2n) is 9.00. The zero-order valence-corrected chi connectivity index (χ0v) is 17.8. The average Bonchev–Trinajstić information content (AvgIpc) is 3.17. The maximum absolute atomic E-state index is 12.5. The summed E-state index contributed by atoms with van der Waals surface area (Å²) in [5.74, 6) is 0.310. The number of carbonyl (C=O) groups excluding carboxylic acids is 1. The zero-order valence-electron chi connectivity index (χ0n) is 17.8. The lowest BCUT2D eigenvalue weighted by molar-refractivity contribution is -0.121. The van der Waals surface area contributed by atoms with Crippen molar-refractivity contribution in [2.75, 3.05) is 13.2 Å². The van der Waals surface area contributed by atoms with E-state index >= 15 is 0 Å². The van der Waals surface area contributed by atoms with Gasteiger partial charge in [-0.2, -0.15) is 5.10 Å². The lowest BCUT2D eigenvalue weighted by Gasteiger charge is -2.31. The van der Waals surface area contributed by atoms with Crippen LogP contribution in [0.25, 0.3) is 11.0 Å². The van der Waals surface area contributed by atoms with Gasteiger partial charge in [0.15, 0.2) is 0 Å². The molecule has 1 amide bonds. The molecule has 0 unspecified atom stereocenters. The summed E-state index contributed by atoms with van der Waals surface area (Å²) in [4.78, 5) is 27.8. The van der Waals surface area contributed by atoms with Gasteiger partial charge in [-0.1, -0.05) is 20.8 Å². The molecule has 2 atom stereocenters. The molecule has 1 saturated heterocycles. The molecule has 1 aliphatic heterocycles. The van der Waals surface area contributed by atoms with Crippen molar-refractivity contribution >= 4 is 16.9 Å². The van der Waals surface area contributed by atoms with E-state index in [0.29, 0.717) is 30.9 Å². The lowest BCUT2D eigenvalue weighted by atomic mass is 9.81. The van der Waals surface area contributed by atoms with Gasteiger partial charge in [-0.25, -0.2) is 0 Å². The predicted octanol–water partition coefficient (Wildman–Crippen LogP) is 2.38. The number of rotatable bonds is 5. The van der Waals surface area contributed by atoms with Crippen molar-refractivity contribution in [3.05, 3.63) is 27.2 Å². The number of hydrogen-bond acceptors (Lipinski definition) is 4. The first-order valence-corrected chi connectivity index (χ1v) is 10.0. The number of aryl methyl sites for hydroxylation is 3. The minimum absolute atomic E-state index is 0.0265. The van der Waals surface area contributed by atoms with Crippen LogP contribution in [0.4, 0.5) is 0 Å². The van der Waals surface area contributed by atoms with Crippen LogP contribution in [-0.2, 0) is 23.0 Å². The van der Waals surface area contributed by atoms with Gasteiger partial charge in [0.25, 0.3) is 5.56 Å². The number of aromatic nitrogens is 3. The summed E-state index contributed by atoms with van der Waals surface area (Å²) >= 11 is 0. The molecule has 2 N–H and O–H groups in total. The molecule has 2 aromatic rings. The van der Waals surface area contributed by atoms with E-state index in [0.717, 1.165) is 35.3 Å². The van der Waals surface area contributed by atoms with Crippen molar-refractivity contribution < 1.29 is 9.53 Å². The fraction of sp³-hybridized carbons (Fsp3) is 0.667. The van der Waals surface area contributed by atoms with Crippen LogP contribution >= 0.6 is 0 Å². The monoisotopic (exact) mass is 388 g/mol. The molecule has 0 radical (unpaired) electrons. The van der Waals surface area contributed by atoms with Crippen LogP contribution in [0.15, 0.2) is 4.79 Å². The van der Waals surface area contributed by atoms with Crippen molar-refractivity contribution in [3.63, 3.8) is 0 Å². The number of aromatic amines is 1. The van der Waals surface area contributed by atoms with E-state index in [4.69, 9.17) is 4.74 Å². The second kappa shape index (κ2) is 7.70. The molecule has 28 heavy (non-hydrogen) atoms. The average molecular weight is 389 g/mol. The smallest absolute Gasteiger partial charge is 0.253 e. The molecule has 1 aliphatic rings. The van der Waals surface area contributed by atoms with Crippen molar-refractivity contribution in [2.24, 2.45) is 18.4 Å². The molecule has 154 valence electrons. The van der Waals surface area contributed by atoms with E-state index in [9.17, 15) is 9.59 Å². The van der Waals surface area contributed by atoms with E-state index < -0.39 is 0 Å². The van der Waals surface area contributed by atoms with Gasteiger partial charge in [-0.3, -0.25) is 14.3 Å². The standard InChI is InChI=1S/C21H32N4O3/c1-12-15(20(27)23-19-17(12)13(2)24-25(19)6)7-8-16(26)22-11-14-9-10-28-18(14)21(3,4)5/h14,18H,7-11H2,1-6H3,(H,22,26)(H,23,27)/t14-,18+/m1/s1. The highest BCUT2D eigenvalue weighted by molar-refractivity contribution is 5.83. The first-order chi connectivity index (χ1) is 13.1. The second-order valence-corrected chi connectivity index (χ2v) is 9.00. The van der Waals surface area contributed by atoms with Gasteiger partial charge < -0.3 is 15.0 Å². The van der Waals surface area contributed by atoms with E-state index in [1.54, 1.807) is 4.68 Å². The van der Waals surface area contributed by atoms with Gasteiger partial charge in [-0.15, -0.1) is 0 Å². The predicted molar refractivity (Wildman–Crippen MR) is 109 cm³/mol. The molecule has 3 heterocycles. The van der Waals surface area contributed by atoms with Crippen LogP contribution in [0.3, 0.4) is 0 Å². The molecule has 0 saturated carbocycles. The van der Waals surface area contributed by atoms with Gasteiger partial charge >= 0.3 is 0 Å². The Kier molecular flexibility index (Phi) is 5.66. The molecule has 0 bridgehead atoms. The molecule has 0 aromatic carbocycles. The summed E-state index contributed by atoms with van der Waals surface area (Å²) < 4.78 is 7.56. The highest BCUT2D eigenvalue weighted by Crippen LogP contribution is 2.34. The van der Waals surface area contributed by atoms with Gasteiger partial charge in [0.2, 0.25) is 5.91 Å². The van der Waals surface area contributed by atoms with Gasteiger partial charge in [0.05, 0.1) is 11.8 Å². The minimum Gasteiger partial charge on any atom is -0.377 e. The summed E-state index contributed by atoms with van der Waals surface area (Å²) in [7, 11) is 1.81. The van der Waals surface area contributed by atoms with Gasteiger partial charge in [0.1, 0.15) is 5.65 Å². The normalized spacial score (nSPS) is 20.1. The number of amides is 1. The van der Waals surface area contributed by atoms with Crippen molar-refractivity contribution in [1.29, 1.82) is 0 Å². The Morgan fingerprint density at radius 1 is 1.36 bits per heavy atom. The zero-order chi connectivity index (χ0) is 20.6. The van der Waals surface area contributed by atoms with Crippen molar-refractivity contribution in [2.45, 2.75) is 60.0 Å². The largest absolute Gasteiger partial charge is 0.377 e. The SMILES string of the molecule is Cc1nn(C)c2[nH]c(=O)c(CCC(=O)NC[C@H]3CCO[C@@H]3C(C)(C)C)c(C)c12. The maximum Gasteiger partial charge on any atom is 0.253 e. The third kappa shape index (κ3) is 3.99. The number of H-pyrrole nitrogens is 1. The lowest BCUT2D eigenvalue weighted by Crippen LogP contribution is -2.38. The first-order valence-electron chi connectivity index (χ1n) is 10.0. The fourth-order valence-electron chi connectivity index (χ4n) is 4.43. The van der Waals surface area contributed by atoms with Gasteiger partial charge in [0, 0.05) is 43.5 Å². The topological polar surface area (TPSA) is 89.0 Å². The quantitative estimate of drug-likeness (QED) is 0.823. The Hall–Kier alpha value is -2.15. The van der Waals surface area contributed by atoms with E-state index in [1.807, 2.05) is 20.9 Å². The fourth-order valence-corrected chi connectivity index (χ4v) is 4.43. The number of ether oxygens (including phenoxy) is 1. The van der Waals surface area contributed by atoms with Crippen LogP contribution in [0.2, 0.25) is 0 Å². The van der Waals surface area contributed by atoms with Crippen LogP contribution in [-0.4, -0.2) is 39.9 Å². The van der Waals surface area contributed by atoms with Gasteiger partial charge in [-0.05, 0) is 37.7 Å². The van der Waals surface area contributed by atoms with E-state index in [-0.39, 0.29) is 23.0 Å². The van der Waals surface area contributed by atoms with Crippen molar-refractivity contribution in [1.82, 2.24) is 20.1 Å². The third-order valence-electron chi connectivity index (χ3n) is 5.79. The Bertz CT molecular complexity index is 936. The molecular formula is C21H32N4O3. The number of nitrogens with one attached hydrogen (secondary N) is 2. The molecule has 7 nitrogen and oxygen atoms in total. The Morgan fingerprint density at radius 2 is 2.07 bits per heavy atom. The molecule has 1 fully saturated rings. The third-order valence-corrected chi connectivity index (χ3v) is 5.79. The summed E-state index contributed by atoms with van der Waals surface area (Å²) in [6.45, 7) is 11.7. The molecule has 0 spiro atoms. The summed E-state index contributed by atoms with van der Waals surface area (Å²) in [5.41, 5.74) is 3.10. The van der Waals surface area contributed by atoms with E-state index in [1.165, 1.54) is 0 Å². The van der Waals surface area contributed by atoms with Crippen LogP contribution < -0.4 is 10.9 Å². The highest BCUT2D eigenvalue weighted by atomic mass is 16.5. The number of pyridine rings is 1. The first kappa shape index (κ1) is 20.6. The van der Waals surface area contributed by atoms with E-state index in [2.05, 4.69) is 36.2 Å². The minimum atomic E-state index is -0.141. The molecule has 2 aromatic heterocycles. The highest BCUT2D eigenvalue weighted by Gasteiger charge is 2.37. The Morgan fingerprint density at radius 3 is 2.75 bits per heavy atom. The summed E-state index contributed by atoms with van der Waals surface area (Å²) in [6.07, 6.45) is 1.84. The van der Waals surface area contributed by atoms with Crippen LogP contribution in [0, 0.1) is 25.2 Å². The molecular weight excluding hydrogens is 356 g/mol. The number of carbonyl (C=O) groups is 1. The molecule has 0 aliphatic carbocycles. The number of nitrogens with zero attached hydrogens (tertiary/aromatic N) is 2. The maximum atomic E-state index is 12.5. The molecule has 7 heteroatoms. The Balaban J connectivity index is 1.64.